The van der Waals surface area contributed by atoms with Crippen LogP contribution < -0.4 is 5.32 Å². The lowest BCUT2D eigenvalue weighted by molar-refractivity contribution is 0.410. The largest absolute Gasteiger partial charge is 0.313 e. The second kappa shape index (κ2) is 7.58. The van der Waals surface area contributed by atoms with Crippen LogP contribution in [0.25, 0.3) is 0 Å². The summed E-state index contributed by atoms with van der Waals surface area (Å²) in [5, 5.41) is 3.73. The van der Waals surface area contributed by atoms with Crippen LogP contribution in [-0.2, 0) is 16.6 Å². The first-order chi connectivity index (χ1) is 9.71. The first kappa shape index (κ1) is 18.4. The topological polar surface area (TPSA) is 49.4 Å². The smallest absolute Gasteiger partial charge is 0.243 e. The summed E-state index contributed by atoms with van der Waals surface area (Å²) in [6, 6.07) is 3.26. The first-order valence-corrected chi connectivity index (χ1v) is 9.01. The minimum atomic E-state index is -3.52. The molecule has 0 unspecified atom stereocenters. The molecule has 0 saturated heterocycles. The highest BCUT2D eigenvalue weighted by molar-refractivity contribution is 7.89. The van der Waals surface area contributed by atoms with Gasteiger partial charge in [-0.25, -0.2) is 8.42 Å². The average molecular weight is 333 g/mol. The predicted octanol–water partition coefficient (Wildman–Crippen LogP) is 3.18. The van der Waals surface area contributed by atoms with Gasteiger partial charge in [-0.3, -0.25) is 0 Å². The van der Waals surface area contributed by atoms with Crippen molar-refractivity contribution in [3.63, 3.8) is 0 Å². The number of nitrogens with zero attached hydrogens (tertiary/aromatic N) is 1. The van der Waals surface area contributed by atoms with E-state index in [2.05, 4.69) is 12.2 Å². The molecule has 0 saturated carbocycles. The summed E-state index contributed by atoms with van der Waals surface area (Å²) >= 11 is 6.11. The molecule has 0 atom stereocenters. The Labute approximate surface area is 133 Å². The van der Waals surface area contributed by atoms with E-state index in [0.717, 1.165) is 24.1 Å². The Kier molecular flexibility index (Phi) is 6.66. The quantitative estimate of drug-likeness (QED) is 0.780. The van der Waals surface area contributed by atoms with E-state index < -0.39 is 10.0 Å². The zero-order valence-electron chi connectivity index (χ0n) is 13.4. The fourth-order valence-corrected chi connectivity index (χ4v) is 3.96. The van der Waals surface area contributed by atoms with Crippen molar-refractivity contribution in [2.45, 2.75) is 51.6 Å². The van der Waals surface area contributed by atoms with Crippen LogP contribution in [0.15, 0.2) is 17.0 Å². The fraction of sp³-hybridized carbons (Fsp3) is 0.600. The minimum absolute atomic E-state index is 0.102. The van der Waals surface area contributed by atoms with Gasteiger partial charge in [-0.05, 0) is 57.0 Å². The van der Waals surface area contributed by atoms with Gasteiger partial charge in [0.15, 0.2) is 0 Å². The molecule has 0 aliphatic rings. The normalized spacial score (nSPS) is 12.4. The highest BCUT2D eigenvalue weighted by atomic mass is 35.5. The summed E-state index contributed by atoms with van der Waals surface area (Å²) < 4.78 is 26.7. The van der Waals surface area contributed by atoms with E-state index >= 15 is 0 Å². The standard InChI is InChI=1S/C15H25ClN2O2S/c1-6-7-17-10-13-8-14(16)9-15(12(13)4)21(19,20)18(5)11(2)3/h8-9,11,17H,6-7,10H2,1-5H3. The monoisotopic (exact) mass is 332 g/mol. The molecule has 1 N–H and O–H groups in total. The van der Waals surface area contributed by atoms with Crippen LogP contribution in [0.2, 0.25) is 5.02 Å². The van der Waals surface area contributed by atoms with Crippen LogP contribution in [0.1, 0.15) is 38.3 Å². The third kappa shape index (κ3) is 4.42. The summed E-state index contributed by atoms with van der Waals surface area (Å²) in [5.74, 6) is 0. The third-order valence-corrected chi connectivity index (χ3v) is 5.94. The van der Waals surface area contributed by atoms with Crippen LogP contribution in [0.4, 0.5) is 0 Å². The summed E-state index contributed by atoms with van der Waals surface area (Å²) in [6.45, 7) is 9.13. The minimum Gasteiger partial charge on any atom is -0.313 e. The van der Waals surface area contributed by atoms with Crippen molar-refractivity contribution in [3.05, 3.63) is 28.3 Å². The average Bonchev–Trinajstić information content (AvgIpc) is 2.41. The molecule has 0 radical (unpaired) electrons. The van der Waals surface area contributed by atoms with Crippen molar-refractivity contribution in [1.29, 1.82) is 0 Å². The molecule has 0 aliphatic carbocycles. The molecule has 4 nitrogen and oxygen atoms in total. The lowest BCUT2D eigenvalue weighted by atomic mass is 10.1. The number of benzene rings is 1. The maximum atomic E-state index is 12.7. The molecule has 1 rings (SSSR count). The number of hydrogen-bond donors (Lipinski definition) is 1. The molecule has 0 fully saturated rings. The van der Waals surface area contributed by atoms with Crippen LogP contribution in [0.3, 0.4) is 0 Å². The lowest BCUT2D eigenvalue weighted by Crippen LogP contribution is -2.33. The zero-order valence-corrected chi connectivity index (χ0v) is 15.0. The second-order valence-corrected chi connectivity index (χ2v) is 7.88. The highest BCUT2D eigenvalue weighted by Crippen LogP contribution is 2.27. The Bertz CT molecular complexity index is 586. The number of hydrogen-bond acceptors (Lipinski definition) is 3. The Morgan fingerprint density at radius 3 is 2.48 bits per heavy atom. The predicted molar refractivity (Wildman–Crippen MR) is 88.3 cm³/mol. The van der Waals surface area contributed by atoms with Crippen LogP contribution >= 0.6 is 11.6 Å². The van der Waals surface area contributed by atoms with Crippen molar-refractivity contribution in [2.75, 3.05) is 13.6 Å². The Morgan fingerprint density at radius 1 is 1.33 bits per heavy atom. The van der Waals surface area contributed by atoms with Crippen molar-refractivity contribution in [3.8, 4) is 0 Å². The third-order valence-electron chi connectivity index (χ3n) is 3.56. The van der Waals surface area contributed by atoms with Gasteiger partial charge < -0.3 is 5.32 Å². The van der Waals surface area contributed by atoms with Gasteiger partial charge in [0.25, 0.3) is 0 Å². The van der Waals surface area contributed by atoms with Gasteiger partial charge in [-0.15, -0.1) is 0 Å². The summed E-state index contributed by atoms with van der Waals surface area (Å²) in [5.41, 5.74) is 1.68. The molecule has 0 aromatic heterocycles. The SMILES string of the molecule is CCCNCc1cc(Cl)cc(S(=O)(=O)N(C)C(C)C)c1C. The molecule has 6 heteroatoms. The zero-order chi connectivity index (χ0) is 16.2. The van der Waals surface area contributed by atoms with Gasteiger partial charge in [0.2, 0.25) is 10.0 Å². The van der Waals surface area contributed by atoms with Gasteiger partial charge in [-0.2, -0.15) is 4.31 Å². The molecule has 0 aliphatic heterocycles. The van der Waals surface area contributed by atoms with Crippen molar-refractivity contribution in [2.24, 2.45) is 0 Å². The molecular formula is C15H25ClN2O2S. The molecule has 120 valence electrons. The Balaban J connectivity index is 3.25. The molecule has 0 spiro atoms. The molecule has 1 aromatic rings. The summed E-state index contributed by atoms with van der Waals surface area (Å²) in [7, 11) is -1.93. The molecule has 0 heterocycles. The Hall–Kier alpha value is -0.620. The van der Waals surface area contributed by atoms with E-state index in [1.165, 1.54) is 10.4 Å². The van der Waals surface area contributed by atoms with E-state index in [0.29, 0.717) is 16.5 Å². The van der Waals surface area contributed by atoms with Crippen molar-refractivity contribution >= 4 is 21.6 Å². The summed E-state index contributed by atoms with van der Waals surface area (Å²) in [6.07, 6.45) is 1.03. The molecule has 21 heavy (non-hydrogen) atoms. The van der Waals surface area contributed by atoms with E-state index in [1.807, 2.05) is 26.8 Å². The van der Waals surface area contributed by atoms with E-state index in [-0.39, 0.29) is 6.04 Å². The highest BCUT2D eigenvalue weighted by Gasteiger charge is 2.26. The lowest BCUT2D eigenvalue weighted by Gasteiger charge is -2.23. The molecule has 1 aromatic carbocycles. The number of halogens is 1. The maximum Gasteiger partial charge on any atom is 0.243 e. The maximum absolute atomic E-state index is 12.7. The van der Waals surface area contributed by atoms with Crippen LogP contribution in [0.5, 0.6) is 0 Å². The first-order valence-electron chi connectivity index (χ1n) is 7.19. The number of nitrogens with one attached hydrogen (secondary N) is 1. The van der Waals surface area contributed by atoms with Gasteiger partial charge in [0.05, 0.1) is 4.90 Å². The molecular weight excluding hydrogens is 308 g/mol. The van der Waals surface area contributed by atoms with Gasteiger partial charge in [-0.1, -0.05) is 18.5 Å². The number of sulfonamides is 1. The van der Waals surface area contributed by atoms with Crippen molar-refractivity contribution < 1.29 is 8.42 Å². The van der Waals surface area contributed by atoms with Gasteiger partial charge in [0, 0.05) is 24.7 Å². The summed E-state index contributed by atoms with van der Waals surface area (Å²) in [4.78, 5) is 0.291. The van der Waals surface area contributed by atoms with Crippen LogP contribution in [0, 0.1) is 6.92 Å². The van der Waals surface area contributed by atoms with E-state index in [1.54, 1.807) is 7.05 Å². The Morgan fingerprint density at radius 2 is 1.95 bits per heavy atom. The van der Waals surface area contributed by atoms with Crippen LogP contribution in [-0.4, -0.2) is 32.4 Å². The van der Waals surface area contributed by atoms with E-state index in [9.17, 15) is 8.42 Å². The van der Waals surface area contributed by atoms with Gasteiger partial charge in [0.1, 0.15) is 0 Å². The van der Waals surface area contributed by atoms with Crippen molar-refractivity contribution in [1.82, 2.24) is 9.62 Å². The molecule has 0 bridgehead atoms. The fourth-order valence-electron chi connectivity index (χ4n) is 1.99. The molecule has 0 amide bonds. The van der Waals surface area contributed by atoms with E-state index in [4.69, 9.17) is 11.6 Å². The second-order valence-electron chi connectivity index (χ2n) is 5.48. The van der Waals surface area contributed by atoms with Gasteiger partial charge >= 0.3 is 0 Å². The number of rotatable bonds is 7.